The molecule has 0 atom stereocenters. The maximum Gasteiger partial charge on any atom is 0.141 e. The lowest BCUT2D eigenvalue weighted by Crippen LogP contribution is -2.29. The summed E-state index contributed by atoms with van der Waals surface area (Å²) in [7, 11) is 0. The second kappa shape index (κ2) is 6.34. The van der Waals surface area contributed by atoms with Gasteiger partial charge in [-0.1, -0.05) is 17.7 Å². The number of rotatable bonds is 7. The van der Waals surface area contributed by atoms with Crippen LogP contribution in [0, 0.1) is 5.82 Å². The molecule has 0 aliphatic heterocycles. The predicted molar refractivity (Wildman–Crippen MR) is 69.0 cm³/mol. The Morgan fingerprint density at radius 1 is 1.24 bits per heavy atom. The van der Waals surface area contributed by atoms with Crippen LogP contribution >= 0.6 is 11.6 Å². The van der Waals surface area contributed by atoms with Gasteiger partial charge in [0.15, 0.2) is 0 Å². The molecule has 0 aromatic heterocycles. The van der Waals surface area contributed by atoms with E-state index in [4.69, 9.17) is 11.6 Å². The van der Waals surface area contributed by atoms with Crippen LogP contribution in [0.1, 0.15) is 18.4 Å². The fraction of sp³-hybridized carbons (Fsp3) is 0.538. The average molecular weight is 257 g/mol. The monoisotopic (exact) mass is 256 g/mol. The van der Waals surface area contributed by atoms with E-state index in [-0.39, 0.29) is 10.8 Å². The van der Waals surface area contributed by atoms with Gasteiger partial charge in [-0.25, -0.2) is 4.39 Å². The minimum absolute atomic E-state index is 0.206. The molecule has 94 valence electrons. The fourth-order valence-corrected chi connectivity index (χ4v) is 1.91. The fourth-order valence-electron chi connectivity index (χ4n) is 1.71. The van der Waals surface area contributed by atoms with Gasteiger partial charge in [0.2, 0.25) is 0 Å². The van der Waals surface area contributed by atoms with Gasteiger partial charge in [-0.2, -0.15) is 0 Å². The van der Waals surface area contributed by atoms with E-state index in [0.717, 1.165) is 37.7 Å². The molecule has 1 aromatic carbocycles. The van der Waals surface area contributed by atoms with Crippen molar-refractivity contribution < 1.29 is 4.39 Å². The molecule has 2 rings (SSSR count). The van der Waals surface area contributed by atoms with E-state index in [2.05, 4.69) is 10.6 Å². The molecule has 1 fully saturated rings. The van der Waals surface area contributed by atoms with Crippen LogP contribution in [0.3, 0.4) is 0 Å². The van der Waals surface area contributed by atoms with Crippen LogP contribution in [0.15, 0.2) is 18.2 Å². The lowest BCUT2D eigenvalue weighted by Gasteiger charge is -2.06. The molecule has 0 heterocycles. The molecule has 2 N–H and O–H groups in total. The first-order valence-electron chi connectivity index (χ1n) is 6.14. The summed E-state index contributed by atoms with van der Waals surface area (Å²) in [5.74, 6) is -0.350. The average Bonchev–Trinajstić information content (AvgIpc) is 3.12. The summed E-state index contributed by atoms with van der Waals surface area (Å²) in [6, 6.07) is 5.67. The molecule has 0 saturated heterocycles. The second-order valence-corrected chi connectivity index (χ2v) is 4.88. The highest BCUT2D eigenvalue weighted by molar-refractivity contribution is 6.30. The van der Waals surface area contributed by atoms with Crippen molar-refractivity contribution in [1.29, 1.82) is 0 Å². The van der Waals surface area contributed by atoms with Crippen LogP contribution in [0.4, 0.5) is 4.39 Å². The van der Waals surface area contributed by atoms with Gasteiger partial charge >= 0.3 is 0 Å². The number of nitrogens with one attached hydrogen (secondary N) is 2. The minimum Gasteiger partial charge on any atom is -0.315 e. The lowest BCUT2D eigenvalue weighted by atomic mass is 10.1. The normalized spacial score (nSPS) is 15.2. The van der Waals surface area contributed by atoms with E-state index in [1.165, 1.54) is 18.9 Å². The van der Waals surface area contributed by atoms with Crippen molar-refractivity contribution >= 4 is 11.6 Å². The molecule has 0 amide bonds. The first kappa shape index (κ1) is 12.8. The van der Waals surface area contributed by atoms with Crippen molar-refractivity contribution in [1.82, 2.24) is 10.6 Å². The highest BCUT2D eigenvalue weighted by Crippen LogP contribution is 2.18. The number of halogens is 2. The number of benzene rings is 1. The van der Waals surface area contributed by atoms with E-state index < -0.39 is 0 Å². The molecular formula is C13H18ClFN2. The zero-order valence-electron chi connectivity index (χ0n) is 9.81. The first-order chi connectivity index (χ1) is 8.25. The van der Waals surface area contributed by atoms with Crippen LogP contribution in [0.5, 0.6) is 0 Å². The molecule has 1 aromatic rings. The standard InChI is InChI=1S/C13H18ClFN2/c14-12-9-10(1-4-13(12)15)5-6-16-7-8-17-11-2-3-11/h1,4,9,11,16-17H,2-3,5-8H2. The SMILES string of the molecule is Fc1ccc(CCNCCNC2CC2)cc1Cl. The highest BCUT2D eigenvalue weighted by Gasteiger charge is 2.19. The summed E-state index contributed by atoms with van der Waals surface area (Å²) >= 11 is 5.71. The highest BCUT2D eigenvalue weighted by atomic mass is 35.5. The van der Waals surface area contributed by atoms with Crippen LogP contribution in [-0.4, -0.2) is 25.7 Å². The van der Waals surface area contributed by atoms with Gasteiger partial charge in [0.25, 0.3) is 0 Å². The summed E-state index contributed by atoms with van der Waals surface area (Å²) in [5, 5.41) is 7.00. The molecule has 1 aliphatic carbocycles. The molecule has 0 spiro atoms. The molecule has 1 aliphatic rings. The Hall–Kier alpha value is -0.640. The van der Waals surface area contributed by atoms with Crippen molar-refractivity contribution in [2.75, 3.05) is 19.6 Å². The van der Waals surface area contributed by atoms with E-state index in [9.17, 15) is 4.39 Å². The van der Waals surface area contributed by atoms with Crippen LogP contribution in [0.25, 0.3) is 0 Å². The van der Waals surface area contributed by atoms with E-state index in [1.807, 2.05) is 0 Å². The smallest absolute Gasteiger partial charge is 0.141 e. The van der Waals surface area contributed by atoms with Gasteiger partial charge < -0.3 is 10.6 Å². The zero-order valence-corrected chi connectivity index (χ0v) is 10.6. The van der Waals surface area contributed by atoms with Crippen LogP contribution in [0.2, 0.25) is 5.02 Å². The largest absolute Gasteiger partial charge is 0.315 e. The van der Waals surface area contributed by atoms with Gasteiger partial charge in [-0.3, -0.25) is 0 Å². The Kier molecular flexibility index (Phi) is 4.77. The van der Waals surface area contributed by atoms with Crippen LogP contribution in [-0.2, 0) is 6.42 Å². The molecular weight excluding hydrogens is 239 g/mol. The number of hydrogen-bond donors (Lipinski definition) is 2. The molecule has 4 heteroatoms. The Balaban J connectivity index is 1.58. The molecule has 0 bridgehead atoms. The quantitative estimate of drug-likeness (QED) is 0.732. The Morgan fingerprint density at radius 2 is 2.06 bits per heavy atom. The Morgan fingerprint density at radius 3 is 2.76 bits per heavy atom. The molecule has 1 saturated carbocycles. The van der Waals surface area contributed by atoms with Gasteiger partial charge in [0, 0.05) is 19.1 Å². The Bertz CT molecular complexity index is 366. The van der Waals surface area contributed by atoms with E-state index in [1.54, 1.807) is 12.1 Å². The van der Waals surface area contributed by atoms with Crippen LogP contribution < -0.4 is 10.6 Å². The summed E-state index contributed by atoms with van der Waals surface area (Å²) in [6.45, 7) is 2.90. The minimum atomic E-state index is -0.350. The Labute approximate surface area is 107 Å². The van der Waals surface area contributed by atoms with Gasteiger partial charge in [-0.05, 0) is 43.5 Å². The summed E-state index contributed by atoms with van der Waals surface area (Å²) in [5.41, 5.74) is 1.07. The molecule has 17 heavy (non-hydrogen) atoms. The first-order valence-corrected chi connectivity index (χ1v) is 6.51. The van der Waals surface area contributed by atoms with Crippen molar-refractivity contribution in [2.24, 2.45) is 0 Å². The van der Waals surface area contributed by atoms with Gasteiger partial charge in [-0.15, -0.1) is 0 Å². The third-order valence-electron chi connectivity index (χ3n) is 2.89. The maximum absolute atomic E-state index is 12.9. The molecule has 0 unspecified atom stereocenters. The van der Waals surface area contributed by atoms with Crippen molar-refractivity contribution in [2.45, 2.75) is 25.3 Å². The van der Waals surface area contributed by atoms with Crippen molar-refractivity contribution in [3.8, 4) is 0 Å². The molecule has 2 nitrogen and oxygen atoms in total. The summed E-state index contributed by atoms with van der Waals surface area (Å²) < 4.78 is 12.9. The molecule has 0 radical (unpaired) electrons. The van der Waals surface area contributed by atoms with Gasteiger partial charge in [0.05, 0.1) is 5.02 Å². The topological polar surface area (TPSA) is 24.1 Å². The van der Waals surface area contributed by atoms with Crippen molar-refractivity contribution in [3.63, 3.8) is 0 Å². The van der Waals surface area contributed by atoms with E-state index >= 15 is 0 Å². The third-order valence-corrected chi connectivity index (χ3v) is 3.18. The zero-order chi connectivity index (χ0) is 12.1. The summed E-state index contributed by atoms with van der Waals surface area (Å²) in [6.07, 6.45) is 3.53. The third kappa shape index (κ3) is 4.62. The van der Waals surface area contributed by atoms with E-state index in [0.29, 0.717) is 0 Å². The number of hydrogen-bond acceptors (Lipinski definition) is 2. The van der Waals surface area contributed by atoms with Crippen molar-refractivity contribution in [3.05, 3.63) is 34.6 Å². The maximum atomic E-state index is 12.9. The summed E-state index contributed by atoms with van der Waals surface area (Å²) in [4.78, 5) is 0. The second-order valence-electron chi connectivity index (χ2n) is 4.48. The predicted octanol–water partition coefficient (Wildman–Crippen LogP) is 2.36. The lowest BCUT2D eigenvalue weighted by molar-refractivity contribution is 0.607. The van der Waals surface area contributed by atoms with Gasteiger partial charge in [0.1, 0.15) is 5.82 Å².